The van der Waals surface area contributed by atoms with Crippen LogP contribution in [0.3, 0.4) is 0 Å². The van der Waals surface area contributed by atoms with Crippen LogP contribution >= 0.6 is 0 Å². The Morgan fingerprint density at radius 1 is 1.18 bits per heavy atom. The summed E-state index contributed by atoms with van der Waals surface area (Å²) in [5, 5.41) is 13.0. The SMILES string of the molecule is C=C/C(C)=C(\C=C/C)c1ccc(-c2nc(-c3ccc(CN(C)CC(=O)O)cc3)no2)cc1C. The number of hydrogen-bond donors (Lipinski definition) is 1. The Balaban J connectivity index is 1.81. The number of carbonyl (C=O) groups is 1. The van der Waals surface area contributed by atoms with Gasteiger partial charge in [-0.2, -0.15) is 4.98 Å². The van der Waals surface area contributed by atoms with E-state index in [1.807, 2.05) is 55.5 Å². The van der Waals surface area contributed by atoms with Crippen LogP contribution in [0.15, 0.2) is 77.4 Å². The van der Waals surface area contributed by atoms with E-state index in [0.717, 1.165) is 39.0 Å². The van der Waals surface area contributed by atoms with Crippen molar-refractivity contribution in [3.63, 3.8) is 0 Å². The molecule has 0 saturated carbocycles. The van der Waals surface area contributed by atoms with Gasteiger partial charge in [-0.3, -0.25) is 9.69 Å². The lowest BCUT2D eigenvalue weighted by molar-refractivity contribution is -0.138. The number of likely N-dealkylation sites (N-methyl/N-ethyl adjacent to an activating group) is 1. The van der Waals surface area contributed by atoms with E-state index in [-0.39, 0.29) is 6.54 Å². The minimum Gasteiger partial charge on any atom is -0.480 e. The molecule has 6 nitrogen and oxygen atoms in total. The third-order valence-corrected chi connectivity index (χ3v) is 5.32. The molecule has 1 aromatic heterocycles. The molecule has 0 amide bonds. The molecule has 2 aromatic carbocycles. The normalized spacial score (nSPS) is 12.3. The topological polar surface area (TPSA) is 79.5 Å². The minimum absolute atomic E-state index is 0.00661. The second-order valence-electron chi connectivity index (χ2n) is 8.02. The molecule has 0 unspecified atom stereocenters. The smallest absolute Gasteiger partial charge is 0.317 e. The Labute approximate surface area is 194 Å². The summed E-state index contributed by atoms with van der Waals surface area (Å²) in [6.45, 7) is 10.6. The van der Waals surface area contributed by atoms with Crippen LogP contribution in [0.2, 0.25) is 0 Å². The van der Waals surface area contributed by atoms with Gasteiger partial charge < -0.3 is 9.63 Å². The number of carboxylic acid groups (broad SMARTS) is 1. The molecular formula is C27H29N3O3. The number of rotatable bonds is 9. The first-order valence-corrected chi connectivity index (χ1v) is 10.7. The van der Waals surface area contributed by atoms with E-state index in [0.29, 0.717) is 18.3 Å². The Morgan fingerprint density at radius 3 is 2.48 bits per heavy atom. The second-order valence-corrected chi connectivity index (χ2v) is 8.02. The van der Waals surface area contributed by atoms with Crippen molar-refractivity contribution in [2.75, 3.05) is 13.6 Å². The highest BCUT2D eigenvalue weighted by Crippen LogP contribution is 2.29. The highest BCUT2D eigenvalue weighted by molar-refractivity contribution is 5.81. The standard InChI is InChI=1S/C27H29N3O3/c1-6-8-23(18(3)7-2)24-14-13-22(15-19(24)4)27-28-26(29-33-27)21-11-9-20(10-12-21)16-30(5)17-25(31)32/h6-15H,2,16-17H2,1,3-5H3,(H,31,32)/b8-6-,23-18+. The molecule has 0 aliphatic rings. The molecule has 0 atom stereocenters. The number of benzene rings is 2. The average molecular weight is 444 g/mol. The van der Waals surface area contributed by atoms with Gasteiger partial charge in [-0.25, -0.2) is 0 Å². The molecule has 170 valence electrons. The molecule has 0 radical (unpaired) electrons. The summed E-state index contributed by atoms with van der Waals surface area (Å²) in [7, 11) is 1.77. The maximum Gasteiger partial charge on any atom is 0.317 e. The van der Waals surface area contributed by atoms with Crippen LogP contribution in [-0.4, -0.2) is 39.7 Å². The fourth-order valence-corrected chi connectivity index (χ4v) is 3.62. The summed E-state index contributed by atoms with van der Waals surface area (Å²) >= 11 is 0. The van der Waals surface area contributed by atoms with Crippen LogP contribution in [0.25, 0.3) is 28.4 Å². The third-order valence-electron chi connectivity index (χ3n) is 5.32. The summed E-state index contributed by atoms with van der Waals surface area (Å²) in [5.74, 6) is 0.123. The van der Waals surface area contributed by atoms with Crippen molar-refractivity contribution in [2.45, 2.75) is 27.3 Å². The fraction of sp³-hybridized carbons (Fsp3) is 0.222. The van der Waals surface area contributed by atoms with Crippen molar-refractivity contribution in [1.82, 2.24) is 15.0 Å². The molecule has 1 heterocycles. The average Bonchev–Trinajstić information content (AvgIpc) is 3.27. The summed E-state index contributed by atoms with van der Waals surface area (Å²) in [5.41, 5.74) is 7.20. The van der Waals surface area contributed by atoms with Gasteiger partial charge in [-0.1, -0.05) is 60.3 Å². The lowest BCUT2D eigenvalue weighted by atomic mass is 9.94. The molecule has 0 aliphatic carbocycles. The van der Waals surface area contributed by atoms with Crippen molar-refractivity contribution < 1.29 is 14.4 Å². The minimum atomic E-state index is -0.846. The van der Waals surface area contributed by atoms with E-state index in [1.165, 1.54) is 0 Å². The zero-order valence-electron chi connectivity index (χ0n) is 19.5. The van der Waals surface area contributed by atoms with Crippen LogP contribution in [-0.2, 0) is 11.3 Å². The predicted molar refractivity (Wildman–Crippen MR) is 131 cm³/mol. The zero-order valence-corrected chi connectivity index (χ0v) is 19.5. The molecule has 0 aliphatic heterocycles. The molecule has 1 N–H and O–H groups in total. The van der Waals surface area contributed by atoms with Crippen molar-refractivity contribution >= 4 is 11.5 Å². The van der Waals surface area contributed by atoms with Gasteiger partial charge in [-0.15, -0.1) is 0 Å². The molecule has 0 bridgehead atoms. The number of aryl methyl sites for hydroxylation is 1. The second kappa shape index (κ2) is 10.7. The van der Waals surface area contributed by atoms with Gasteiger partial charge in [-0.05, 0) is 67.8 Å². The number of carboxylic acids is 1. The van der Waals surface area contributed by atoms with E-state index in [2.05, 4.69) is 42.7 Å². The van der Waals surface area contributed by atoms with Gasteiger partial charge in [0.1, 0.15) is 0 Å². The molecule has 0 spiro atoms. The molecule has 3 aromatic rings. The van der Waals surface area contributed by atoms with Crippen LogP contribution in [0, 0.1) is 6.92 Å². The van der Waals surface area contributed by atoms with Gasteiger partial charge in [0.2, 0.25) is 5.82 Å². The Kier molecular flexibility index (Phi) is 7.74. The summed E-state index contributed by atoms with van der Waals surface area (Å²) in [6.07, 6.45) is 5.98. The zero-order chi connectivity index (χ0) is 24.0. The highest BCUT2D eigenvalue weighted by Gasteiger charge is 2.13. The van der Waals surface area contributed by atoms with Crippen molar-refractivity contribution in [2.24, 2.45) is 0 Å². The molecule has 0 fully saturated rings. The number of aliphatic carboxylic acids is 1. The van der Waals surface area contributed by atoms with Crippen LogP contribution < -0.4 is 0 Å². The van der Waals surface area contributed by atoms with E-state index in [4.69, 9.17) is 9.63 Å². The van der Waals surface area contributed by atoms with Crippen molar-refractivity contribution in [3.05, 3.63) is 89.5 Å². The monoisotopic (exact) mass is 443 g/mol. The fourth-order valence-electron chi connectivity index (χ4n) is 3.62. The van der Waals surface area contributed by atoms with Crippen LogP contribution in [0.1, 0.15) is 30.5 Å². The first-order chi connectivity index (χ1) is 15.8. The van der Waals surface area contributed by atoms with E-state index < -0.39 is 5.97 Å². The van der Waals surface area contributed by atoms with Crippen LogP contribution in [0.5, 0.6) is 0 Å². The van der Waals surface area contributed by atoms with Gasteiger partial charge in [0.05, 0.1) is 6.54 Å². The predicted octanol–water partition coefficient (Wildman–Crippen LogP) is 5.76. The van der Waals surface area contributed by atoms with Crippen molar-refractivity contribution in [3.8, 4) is 22.8 Å². The summed E-state index contributed by atoms with van der Waals surface area (Å²) < 4.78 is 5.54. The Hall–Kier alpha value is -3.77. The number of hydrogen-bond acceptors (Lipinski definition) is 5. The lowest BCUT2D eigenvalue weighted by Crippen LogP contribution is -2.25. The molecule has 6 heteroatoms. The Bertz CT molecular complexity index is 1200. The van der Waals surface area contributed by atoms with Crippen LogP contribution in [0.4, 0.5) is 0 Å². The Morgan fingerprint density at radius 2 is 1.88 bits per heavy atom. The maximum atomic E-state index is 10.8. The lowest BCUT2D eigenvalue weighted by Gasteiger charge is -2.13. The highest BCUT2D eigenvalue weighted by atomic mass is 16.5. The third kappa shape index (κ3) is 5.93. The first-order valence-electron chi connectivity index (χ1n) is 10.7. The molecule has 3 rings (SSSR count). The number of aromatic nitrogens is 2. The molecule has 0 saturated heterocycles. The first kappa shape index (κ1) is 23.9. The van der Waals surface area contributed by atoms with E-state index in [9.17, 15) is 4.79 Å². The molecular weight excluding hydrogens is 414 g/mol. The number of allylic oxidation sites excluding steroid dienone is 5. The van der Waals surface area contributed by atoms with E-state index in [1.54, 1.807) is 11.9 Å². The van der Waals surface area contributed by atoms with Gasteiger partial charge in [0.25, 0.3) is 5.89 Å². The van der Waals surface area contributed by atoms with Gasteiger partial charge >= 0.3 is 5.97 Å². The van der Waals surface area contributed by atoms with E-state index >= 15 is 0 Å². The van der Waals surface area contributed by atoms with Gasteiger partial charge in [0, 0.05) is 17.7 Å². The summed E-state index contributed by atoms with van der Waals surface area (Å²) in [6, 6.07) is 13.8. The maximum absolute atomic E-state index is 10.8. The molecule has 33 heavy (non-hydrogen) atoms. The summed E-state index contributed by atoms with van der Waals surface area (Å²) in [4.78, 5) is 17.1. The quantitative estimate of drug-likeness (QED) is 0.423. The van der Waals surface area contributed by atoms with Crippen molar-refractivity contribution in [1.29, 1.82) is 0 Å². The van der Waals surface area contributed by atoms with Gasteiger partial charge in [0.15, 0.2) is 0 Å². The largest absolute Gasteiger partial charge is 0.480 e. The number of nitrogens with zero attached hydrogens (tertiary/aromatic N) is 3.